The number of hydrogen-bond donors (Lipinski definition) is 1. The first-order valence-electron chi connectivity index (χ1n) is 12.2. The van der Waals surface area contributed by atoms with E-state index in [9.17, 15) is 14.0 Å². The van der Waals surface area contributed by atoms with Gasteiger partial charge in [0, 0.05) is 29.3 Å². The fourth-order valence-corrected chi connectivity index (χ4v) is 4.97. The molecule has 2 aliphatic rings. The number of allylic oxidation sites excluding steroid dienone is 3. The van der Waals surface area contributed by atoms with Crippen LogP contribution in [-0.4, -0.2) is 32.1 Å². The average Bonchev–Trinajstić information content (AvgIpc) is 2.87. The Kier molecular flexibility index (Phi) is 7.48. The lowest BCUT2D eigenvalue weighted by Gasteiger charge is -2.37. The number of carbonyl (C=O) groups excluding carboxylic acids is 2. The number of ether oxygens (including phenoxy) is 3. The van der Waals surface area contributed by atoms with E-state index in [4.69, 9.17) is 14.2 Å². The number of carbonyl (C=O) groups is 2. The normalized spacial score (nSPS) is 20.4. The number of methoxy groups -OCH3 is 2. The molecule has 0 amide bonds. The van der Waals surface area contributed by atoms with Crippen molar-refractivity contribution >= 4 is 11.8 Å². The molecule has 0 radical (unpaired) electrons. The van der Waals surface area contributed by atoms with Crippen molar-refractivity contribution in [3.05, 3.63) is 81.9 Å². The lowest BCUT2D eigenvalue weighted by Crippen LogP contribution is -2.36. The van der Waals surface area contributed by atoms with Crippen molar-refractivity contribution in [2.75, 3.05) is 14.2 Å². The van der Waals surface area contributed by atoms with Crippen LogP contribution in [0.4, 0.5) is 4.39 Å². The Morgan fingerprint density at radius 1 is 1.06 bits per heavy atom. The van der Waals surface area contributed by atoms with E-state index < -0.39 is 11.9 Å². The molecule has 0 saturated heterocycles. The number of benzene rings is 2. The molecule has 0 aromatic heterocycles. The minimum atomic E-state index is -0.628. The van der Waals surface area contributed by atoms with Crippen LogP contribution in [0.3, 0.4) is 0 Å². The van der Waals surface area contributed by atoms with Crippen molar-refractivity contribution in [1.82, 2.24) is 5.32 Å². The summed E-state index contributed by atoms with van der Waals surface area (Å²) in [6, 6.07) is 11.7. The first-order valence-corrected chi connectivity index (χ1v) is 12.2. The maximum absolute atomic E-state index is 13.8. The van der Waals surface area contributed by atoms with Gasteiger partial charge in [0.25, 0.3) is 0 Å². The van der Waals surface area contributed by atoms with Gasteiger partial charge in [-0.1, -0.05) is 25.1 Å². The first kappa shape index (κ1) is 25.5. The van der Waals surface area contributed by atoms with Gasteiger partial charge in [-0.3, -0.25) is 4.79 Å². The van der Waals surface area contributed by atoms with E-state index in [0.717, 1.165) is 11.3 Å². The molecule has 2 aromatic carbocycles. The molecule has 1 aliphatic heterocycles. The highest BCUT2D eigenvalue weighted by molar-refractivity contribution is 6.04. The molecule has 0 spiro atoms. The van der Waals surface area contributed by atoms with E-state index in [2.05, 4.69) is 5.32 Å². The van der Waals surface area contributed by atoms with E-state index in [-0.39, 0.29) is 30.0 Å². The third-order valence-corrected chi connectivity index (χ3v) is 7.01. The van der Waals surface area contributed by atoms with Crippen LogP contribution >= 0.6 is 0 Å². The van der Waals surface area contributed by atoms with Crippen LogP contribution in [0.15, 0.2) is 65.0 Å². The molecule has 2 aromatic rings. The van der Waals surface area contributed by atoms with Crippen LogP contribution < -0.4 is 14.8 Å². The number of halogens is 1. The van der Waals surface area contributed by atoms with Crippen molar-refractivity contribution in [2.24, 2.45) is 0 Å². The molecular weight excluding hydrogens is 461 g/mol. The Morgan fingerprint density at radius 2 is 1.72 bits per heavy atom. The molecule has 0 unspecified atom stereocenters. The monoisotopic (exact) mass is 493 g/mol. The van der Waals surface area contributed by atoms with Crippen LogP contribution in [0.1, 0.15) is 63.0 Å². The second kappa shape index (κ2) is 10.6. The molecular formula is C29H32FNO5. The molecule has 3 atom stereocenters. The predicted octanol–water partition coefficient (Wildman–Crippen LogP) is 5.55. The van der Waals surface area contributed by atoms with Crippen molar-refractivity contribution < 1.29 is 28.2 Å². The summed E-state index contributed by atoms with van der Waals surface area (Å²) in [4.78, 5) is 27.0. The summed E-state index contributed by atoms with van der Waals surface area (Å²) in [5.74, 6) is -0.372. The second-order valence-electron chi connectivity index (χ2n) is 9.31. The number of ketones is 1. The van der Waals surface area contributed by atoms with Gasteiger partial charge in [0.05, 0.1) is 25.9 Å². The summed E-state index contributed by atoms with van der Waals surface area (Å²) in [6.07, 6.45) is 1.27. The Labute approximate surface area is 211 Å². The molecule has 36 heavy (non-hydrogen) atoms. The van der Waals surface area contributed by atoms with Crippen molar-refractivity contribution in [2.45, 2.75) is 58.0 Å². The molecule has 6 nitrogen and oxygen atoms in total. The highest BCUT2D eigenvalue weighted by atomic mass is 19.1. The van der Waals surface area contributed by atoms with Gasteiger partial charge in [-0.15, -0.1) is 0 Å². The minimum absolute atomic E-state index is 0.0563. The summed E-state index contributed by atoms with van der Waals surface area (Å²) in [6.45, 7) is 5.59. The van der Waals surface area contributed by atoms with E-state index in [0.29, 0.717) is 46.7 Å². The topological polar surface area (TPSA) is 73.9 Å². The zero-order valence-electron chi connectivity index (χ0n) is 21.3. The van der Waals surface area contributed by atoms with Gasteiger partial charge in [0.2, 0.25) is 0 Å². The summed E-state index contributed by atoms with van der Waals surface area (Å²) in [5, 5.41) is 3.34. The summed E-state index contributed by atoms with van der Waals surface area (Å²) in [7, 11) is 3.16. The summed E-state index contributed by atoms with van der Waals surface area (Å²) < 4.78 is 30.2. The zero-order chi connectivity index (χ0) is 26.0. The predicted molar refractivity (Wildman–Crippen MR) is 134 cm³/mol. The number of Topliss-reactive ketones (excluding diaryl/α,β-unsaturated/α-hetero) is 1. The van der Waals surface area contributed by atoms with Crippen LogP contribution in [0.5, 0.6) is 11.5 Å². The molecule has 190 valence electrons. The molecule has 0 bridgehead atoms. The maximum atomic E-state index is 13.8. The van der Waals surface area contributed by atoms with E-state index in [1.54, 1.807) is 26.4 Å². The number of dihydropyridines is 1. The van der Waals surface area contributed by atoms with Gasteiger partial charge in [-0.25, -0.2) is 9.18 Å². The maximum Gasteiger partial charge on any atom is 0.337 e. The molecule has 7 heteroatoms. The van der Waals surface area contributed by atoms with Gasteiger partial charge in [-0.2, -0.15) is 0 Å². The number of nitrogens with one attached hydrogen (secondary N) is 1. The third-order valence-electron chi connectivity index (χ3n) is 7.01. The lowest BCUT2D eigenvalue weighted by atomic mass is 9.71. The fraction of sp³-hybridized carbons (Fsp3) is 0.379. The van der Waals surface area contributed by atoms with Gasteiger partial charge >= 0.3 is 5.97 Å². The van der Waals surface area contributed by atoms with Crippen LogP contribution in [0, 0.1) is 5.82 Å². The Balaban J connectivity index is 1.76. The molecule has 0 fully saturated rings. The van der Waals surface area contributed by atoms with E-state index in [1.807, 2.05) is 39.0 Å². The zero-order valence-corrected chi connectivity index (χ0v) is 21.3. The third kappa shape index (κ3) is 4.87. The smallest absolute Gasteiger partial charge is 0.337 e. The van der Waals surface area contributed by atoms with Crippen LogP contribution in [0.2, 0.25) is 0 Å². The molecule has 0 saturated carbocycles. The fourth-order valence-electron chi connectivity index (χ4n) is 4.97. The minimum Gasteiger partial charge on any atom is -0.493 e. The first-order chi connectivity index (χ1) is 17.3. The Bertz CT molecular complexity index is 1230. The lowest BCUT2D eigenvalue weighted by molar-refractivity contribution is -0.144. The Hall–Kier alpha value is -3.61. The number of esters is 1. The SMILES string of the molecule is CC[C@H](C)OC(=O)C1=C(C)NC2=C(C(=O)C[C@H](c3ccc(OC)c(OC)c3)C2)[C@H]1c1ccc(F)cc1. The van der Waals surface area contributed by atoms with Crippen molar-refractivity contribution in [1.29, 1.82) is 0 Å². The molecule has 1 N–H and O–H groups in total. The van der Waals surface area contributed by atoms with Crippen LogP contribution in [0.25, 0.3) is 0 Å². The highest BCUT2D eigenvalue weighted by Gasteiger charge is 2.41. The number of hydrogen-bond acceptors (Lipinski definition) is 6. The Morgan fingerprint density at radius 3 is 2.36 bits per heavy atom. The van der Waals surface area contributed by atoms with E-state index in [1.165, 1.54) is 12.1 Å². The van der Waals surface area contributed by atoms with Crippen molar-refractivity contribution in [3.8, 4) is 11.5 Å². The van der Waals surface area contributed by atoms with Gasteiger partial charge < -0.3 is 19.5 Å². The molecule has 4 rings (SSSR count). The largest absolute Gasteiger partial charge is 0.493 e. The number of rotatable bonds is 7. The molecule has 1 aliphatic carbocycles. The van der Waals surface area contributed by atoms with E-state index >= 15 is 0 Å². The van der Waals surface area contributed by atoms with Gasteiger partial charge in [0.15, 0.2) is 17.3 Å². The summed E-state index contributed by atoms with van der Waals surface area (Å²) >= 11 is 0. The summed E-state index contributed by atoms with van der Waals surface area (Å²) in [5.41, 5.74) is 3.99. The van der Waals surface area contributed by atoms with Crippen LogP contribution in [-0.2, 0) is 14.3 Å². The van der Waals surface area contributed by atoms with Gasteiger partial charge in [-0.05, 0) is 68.0 Å². The van der Waals surface area contributed by atoms with Gasteiger partial charge in [0.1, 0.15) is 5.82 Å². The second-order valence-corrected chi connectivity index (χ2v) is 9.31. The standard InChI is InChI=1S/C29H32FNO5/c1-6-16(2)36-29(33)26-17(3)31-22-13-20(19-9-12-24(34-4)25(15-19)35-5)14-23(32)28(22)27(26)18-7-10-21(30)11-8-18/h7-12,15-16,20,27,31H,6,13-14H2,1-5H3/t16-,20+,27-/m0/s1. The molecule has 1 heterocycles. The quantitative estimate of drug-likeness (QED) is 0.510. The average molecular weight is 494 g/mol. The highest BCUT2D eigenvalue weighted by Crippen LogP contribution is 2.46. The van der Waals surface area contributed by atoms with Crippen molar-refractivity contribution in [3.63, 3.8) is 0 Å².